The molecule has 1 aromatic rings. The molecule has 1 amide bonds. The zero-order valence-corrected chi connectivity index (χ0v) is 20.4. The highest BCUT2D eigenvalue weighted by Gasteiger charge is 2.56. The van der Waals surface area contributed by atoms with Crippen LogP contribution in [0.4, 0.5) is 18.9 Å². The van der Waals surface area contributed by atoms with E-state index in [0.29, 0.717) is 0 Å². The number of aliphatic carboxylic acids is 3. The molecule has 1 aliphatic rings. The molecule has 0 spiro atoms. The number of amides is 1. The Morgan fingerprint density at radius 3 is 1.67 bits per heavy atom. The Bertz CT molecular complexity index is 948. The van der Waals surface area contributed by atoms with Crippen LogP contribution in [-0.4, -0.2) is 102 Å². The van der Waals surface area contributed by atoms with E-state index < -0.39 is 77.3 Å². The third kappa shape index (κ3) is 13.4. The van der Waals surface area contributed by atoms with Crippen molar-refractivity contribution in [3.63, 3.8) is 0 Å². The molecule has 5 atom stereocenters. The third-order valence-electron chi connectivity index (χ3n) is 4.04. The summed E-state index contributed by atoms with van der Waals surface area (Å²) in [5, 5.41) is 74.2. The monoisotopic (exact) mass is 576 g/mol. The molecule has 39 heavy (non-hydrogen) atoms. The number of carboxylic acids is 3. The highest BCUT2D eigenvalue weighted by Crippen LogP contribution is 2.37. The van der Waals surface area contributed by atoms with Crippen molar-refractivity contribution in [2.75, 3.05) is 6.61 Å². The van der Waals surface area contributed by atoms with Gasteiger partial charge in [-0.2, -0.15) is 13.2 Å². The first kappa shape index (κ1) is 37.2. The number of nitro benzene ring substituents is 1. The van der Waals surface area contributed by atoms with Gasteiger partial charge in [0, 0.05) is 38.5 Å². The summed E-state index contributed by atoms with van der Waals surface area (Å²) in [5.41, 5.74) is -0.765. The molecule has 0 radical (unpaired) electrons. The number of halogens is 3. The van der Waals surface area contributed by atoms with Crippen molar-refractivity contribution in [1.82, 2.24) is 5.32 Å². The van der Waals surface area contributed by atoms with E-state index in [1.807, 2.05) is 0 Å². The summed E-state index contributed by atoms with van der Waals surface area (Å²) in [7, 11) is 0. The summed E-state index contributed by atoms with van der Waals surface area (Å²) in [5.74, 6) is -7.85. The van der Waals surface area contributed by atoms with E-state index in [9.17, 15) is 48.5 Å². The van der Waals surface area contributed by atoms with Gasteiger partial charge in [0.05, 0.1) is 11.5 Å². The highest BCUT2D eigenvalue weighted by atomic mass is 19.4. The second-order valence-corrected chi connectivity index (χ2v) is 7.33. The fourth-order valence-electron chi connectivity index (χ4n) is 2.64. The number of benzene rings is 1. The lowest BCUT2D eigenvalue weighted by atomic mass is 9.86. The number of carbonyl (C=O) groups is 4. The van der Waals surface area contributed by atoms with E-state index in [-0.39, 0.29) is 5.56 Å². The molecule has 0 unspecified atom stereocenters. The van der Waals surface area contributed by atoms with Crippen molar-refractivity contribution in [3.05, 3.63) is 39.9 Å². The first-order valence-electron chi connectivity index (χ1n) is 10.2. The molecule has 1 heterocycles. The summed E-state index contributed by atoms with van der Waals surface area (Å²) in [4.78, 5) is 48.2. The predicted octanol–water partition coefficient (Wildman–Crippen LogP) is -0.827. The van der Waals surface area contributed by atoms with Crippen LogP contribution in [0.15, 0.2) is 24.3 Å². The molecule has 8 N–H and O–H groups in total. The van der Waals surface area contributed by atoms with Crippen molar-refractivity contribution in [1.29, 1.82) is 0 Å². The molecule has 1 fully saturated rings. The number of nitrogens with zero attached hydrogens (tertiary/aromatic N) is 1. The van der Waals surface area contributed by atoms with Crippen molar-refractivity contribution < 1.29 is 77.8 Å². The fraction of sp³-hybridized carbons (Fsp3) is 0.500. The second-order valence-electron chi connectivity index (χ2n) is 7.33. The lowest BCUT2D eigenvalue weighted by molar-refractivity contribution is -0.385. The van der Waals surface area contributed by atoms with E-state index >= 15 is 0 Å². The molecule has 16 nitrogen and oxygen atoms in total. The van der Waals surface area contributed by atoms with Gasteiger partial charge in [-0.25, -0.2) is 0 Å². The van der Waals surface area contributed by atoms with E-state index in [1.54, 1.807) is 0 Å². The Hall–Kier alpha value is -3.91. The number of hydrogen-bond acceptors (Lipinski definition) is 11. The Morgan fingerprint density at radius 1 is 0.974 bits per heavy atom. The van der Waals surface area contributed by atoms with Gasteiger partial charge in [-0.15, -0.1) is 0 Å². The molecule has 222 valence electrons. The van der Waals surface area contributed by atoms with Gasteiger partial charge in [0.2, 0.25) is 5.79 Å². The van der Waals surface area contributed by atoms with Gasteiger partial charge < -0.3 is 45.8 Å². The van der Waals surface area contributed by atoms with Crippen LogP contribution in [0, 0.1) is 10.1 Å². The standard InChI is InChI=1S/C14H15F3N2O8.3C2H4O2/c15-14(16,17)12(23)18-11-10(22)9(21)8(5-20)27-13(11,24)6-1-3-7(4-2-6)19(25)26;3*1-2(3)4/h1-4,8-11,20-22,24H,5H2,(H,18,23);3*1H3,(H,3,4)/t8-,9-,10+,11-,13-;;;/m1.../s1. The SMILES string of the molecule is CC(=O)O.CC(=O)O.CC(=O)O.O=C(N[C@@H]1[C@@H](O)[C@H](O)[C@@H](CO)O[C@]1(O)c1ccc([N+](=O)[O-])cc1)C(F)(F)F. The number of carbonyl (C=O) groups excluding carboxylic acids is 1. The van der Waals surface area contributed by atoms with Crippen molar-refractivity contribution in [3.8, 4) is 0 Å². The minimum atomic E-state index is -5.37. The molecule has 1 aliphatic heterocycles. The molecule has 0 saturated carbocycles. The van der Waals surface area contributed by atoms with Gasteiger partial charge in [0.15, 0.2) is 0 Å². The summed E-state index contributed by atoms with van der Waals surface area (Å²) in [6.45, 7) is 2.33. The van der Waals surface area contributed by atoms with Gasteiger partial charge in [-0.1, -0.05) is 0 Å². The molecule has 1 aromatic carbocycles. The first-order chi connectivity index (χ1) is 17.6. The Balaban J connectivity index is 0. The number of carboxylic acid groups (broad SMARTS) is 3. The minimum Gasteiger partial charge on any atom is -0.481 e. The number of hydrogen-bond donors (Lipinski definition) is 8. The number of aliphatic hydroxyl groups excluding tert-OH is 3. The van der Waals surface area contributed by atoms with Gasteiger partial charge in [-0.3, -0.25) is 29.3 Å². The first-order valence-corrected chi connectivity index (χ1v) is 10.2. The quantitative estimate of drug-likeness (QED) is 0.161. The van der Waals surface area contributed by atoms with E-state index in [4.69, 9.17) is 34.4 Å². The predicted molar refractivity (Wildman–Crippen MR) is 119 cm³/mol. The Kier molecular flexibility index (Phi) is 15.4. The summed E-state index contributed by atoms with van der Waals surface area (Å²) < 4.78 is 42.8. The molecule has 19 heteroatoms. The smallest absolute Gasteiger partial charge is 0.471 e. The van der Waals surface area contributed by atoms with E-state index in [0.717, 1.165) is 45.0 Å². The molecule has 1 saturated heterocycles. The zero-order valence-electron chi connectivity index (χ0n) is 20.4. The summed E-state index contributed by atoms with van der Waals surface area (Å²) in [6, 6.07) is 1.48. The van der Waals surface area contributed by atoms with Crippen molar-refractivity contribution in [2.45, 2.75) is 57.1 Å². The number of nitrogens with one attached hydrogen (secondary N) is 1. The maximum absolute atomic E-state index is 12.6. The number of rotatable bonds is 4. The second kappa shape index (κ2) is 16.1. The van der Waals surface area contributed by atoms with Crippen LogP contribution < -0.4 is 5.32 Å². The molecule has 0 aromatic heterocycles. The topological polar surface area (TPSA) is 274 Å². The number of aliphatic hydroxyl groups is 4. The van der Waals surface area contributed by atoms with Crippen LogP contribution >= 0.6 is 0 Å². The summed E-state index contributed by atoms with van der Waals surface area (Å²) >= 11 is 0. The number of non-ortho nitro benzene ring substituents is 1. The van der Waals surface area contributed by atoms with Gasteiger partial charge in [0.1, 0.15) is 24.4 Å². The highest BCUT2D eigenvalue weighted by molar-refractivity contribution is 5.82. The van der Waals surface area contributed by atoms with E-state index in [1.165, 1.54) is 5.32 Å². The molecular formula is C20H27F3N2O14. The maximum Gasteiger partial charge on any atom is 0.471 e. The maximum atomic E-state index is 12.6. The van der Waals surface area contributed by atoms with Crippen LogP contribution in [-0.2, 0) is 29.7 Å². The van der Waals surface area contributed by atoms with Gasteiger partial charge in [-0.05, 0) is 12.1 Å². The van der Waals surface area contributed by atoms with Crippen molar-refractivity contribution >= 4 is 29.5 Å². The van der Waals surface area contributed by atoms with E-state index in [2.05, 4.69) is 0 Å². The average molecular weight is 576 g/mol. The summed E-state index contributed by atoms with van der Waals surface area (Å²) in [6.07, 6.45) is -11.1. The van der Waals surface area contributed by atoms with Crippen molar-refractivity contribution in [2.24, 2.45) is 0 Å². The van der Waals surface area contributed by atoms with Crippen LogP contribution in [0.2, 0.25) is 0 Å². The fourth-order valence-corrected chi connectivity index (χ4v) is 2.64. The lowest BCUT2D eigenvalue weighted by Gasteiger charge is -2.47. The van der Waals surface area contributed by atoms with Gasteiger partial charge >= 0.3 is 12.1 Å². The largest absolute Gasteiger partial charge is 0.481 e. The van der Waals surface area contributed by atoms with Crippen LogP contribution in [0.25, 0.3) is 0 Å². The normalized spacial score (nSPS) is 23.6. The third-order valence-corrected chi connectivity index (χ3v) is 4.04. The minimum absolute atomic E-state index is 0.357. The van der Waals surface area contributed by atoms with Crippen LogP contribution in [0.3, 0.4) is 0 Å². The molecular weight excluding hydrogens is 549 g/mol. The number of ether oxygens (including phenoxy) is 1. The number of nitro groups is 1. The zero-order chi connectivity index (χ0) is 31.3. The molecule has 2 rings (SSSR count). The van der Waals surface area contributed by atoms with Crippen LogP contribution in [0.1, 0.15) is 26.3 Å². The van der Waals surface area contributed by atoms with Gasteiger partial charge in [0.25, 0.3) is 23.6 Å². The average Bonchev–Trinajstić information content (AvgIpc) is 2.77. The molecule has 0 aliphatic carbocycles. The Morgan fingerprint density at radius 2 is 1.36 bits per heavy atom. The lowest BCUT2D eigenvalue weighted by Crippen LogP contribution is -2.69. The Labute approximate surface area is 217 Å². The van der Waals surface area contributed by atoms with Crippen LogP contribution in [0.5, 0.6) is 0 Å². The molecule has 0 bridgehead atoms. The number of alkyl halides is 3.